The van der Waals surface area contributed by atoms with Gasteiger partial charge in [-0.1, -0.05) is 17.8 Å². The number of nitrogens with zero attached hydrogens (tertiary/aromatic N) is 4. The highest BCUT2D eigenvalue weighted by molar-refractivity contribution is 7.99. The molecule has 148 valence electrons. The zero-order valence-corrected chi connectivity index (χ0v) is 18.1. The van der Waals surface area contributed by atoms with Crippen molar-refractivity contribution in [1.82, 2.24) is 19.5 Å². The predicted octanol–water partition coefficient (Wildman–Crippen LogP) is 4.69. The van der Waals surface area contributed by atoms with Crippen molar-refractivity contribution in [2.75, 3.05) is 5.75 Å². The smallest absolute Gasteiger partial charge is 0.233 e. The molecule has 28 heavy (non-hydrogen) atoms. The van der Waals surface area contributed by atoms with E-state index in [-0.39, 0.29) is 5.91 Å². The second-order valence-electron chi connectivity index (χ2n) is 8.20. The van der Waals surface area contributed by atoms with E-state index in [1.54, 1.807) is 0 Å². The average Bonchev–Trinajstić information content (AvgIpc) is 3.06. The van der Waals surface area contributed by atoms with Gasteiger partial charge in [-0.05, 0) is 82.7 Å². The molecule has 0 unspecified atom stereocenters. The Balaban J connectivity index is 1.69. The number of amides is 1. The summed E-state index contributed by atoms with van der Waals surface area (Å²) in [6, 6.07) is 7.21. The van der Waals surface area contributed by atoms with E-state index in [1.807, 2.05) is 0 Å². The summed E-state index contributed by atoms with van der Waals surface area (Å²) in [7, 11) is 0. The number of fused-ring (bicyclic) bond motifs is 3. The number of aryl methyl sites for hydroxylation is 3. The van der Waals surface area contributed by atoms with Crippen LogP contribution < -0.4 is 0 Å². The van der Waals surface area contributed by atoms with Crippen molar-refractivity contribution in [2.45, 2.75) is 71.1 Å². The van der Waals surface area contributed by atoms with Gasteiger partial charge in [-0.25, -0.2) is 0 Å². The van der Waals surface area contributed by atoms with E-state index in [9.17, 15) is 4.79 Å². The van der Waals surface area contributed by atoms with Gasteiger partial charge in [0.05, 0.1) is 11.3 Å². The zero-order chi connectivity index (χ0) is 20.0. The summed E-state index contributed by atoms with van der Waals surface area (Å²) >= 11 is 1.50. The molecule has 0 radical (unpaired) electrons. The third kappa shape index (κ3) is 3.28. The second kappa shape index (κ2) is 7.39. The maximum atomic E-state index is 12.9. The Hall–Kier alpha value is -2.08. The molecule has 1 aliphatic rings. The molecule has 1 fully saturated rings. The molecule has 1 amide bonds. The molecule has 3 heterocycles. The Morgan fingerprint density at radius 3 is 2.50 bits per heavy atom. The first-order valence-electron chi connectivity index (χ1n) is 10.1. The molecule has 4 rings (SSSR count). The van der Waals surface area contributed by atoms with Crippen molar-refractivity contribution >= 4 is 34.2 Å². The molecule has 0 saturated carbocycles. The fraction of sp³-hybridized carbons (Fsp3) is 0.500. The van der Waals surface area contributed by atoms with Crippen LogP contribution in [0.5, 0.6) is 0 Å². The predicted molar refractivity (Wildman–Crippen MR) is 115 cm³/mol. The van der Waals surface area contributed by atoms with Gasteiger partial charge in [-0.2, -0.15) is 0 Å². The van der Waals surface area contributed by atoms with E-state index in [2.05, 4.69) is 72.3 Å². The first kappa shape index (κ1) is 19.2. The van der Waals surface area contributed by atoms with Crippen LogP contribution in [-0.4, -0.2) is 43.2 Å². The third-order valence-corrected chi connectivity index (χ3v) is 6.82. The lowest BCUT2D eigenvalue weighted by Crippen LogP contribution is -2.48. The van der Waals surface area contributed by atoms with Crippen molar-refractivity contribution < 1.29 is 4.79 Å². The minimum absolute atomic E-state index is 0.200. The Kier molecular flexibility index (Phi) is 5.08. The van der Waals surface area contributed by atoms with Gasteiger partial charge in [0.2, 0.25) is 5.91 Å². The van der Waals surface area contributed by atoms with E-state index in [0.29, 0.717) is 17.8 Å². The molecule has 3 aromatic rings. The maximum Gasteiger partial charge on any atom is 0.233 e. The fourth-order valence-corrected chi connectivity index (χ4v) is 5.37. The first-order chi connectivity index (χ1) is 13.4. The lowest BCUT2D eigenvalue weighted by Gasteiger charge is -2.39. The summed E-state index contributed by atoms with van der Waals surface area (Å²) in [5, 5.41) is 10.8. The molecule has 6 heteroatoms. The van der Waals surface area contributed by atoms with Crippen molar-refractivity contribution in [3.63, 3.8) is 0 Å². The van der Waals surface area contributed by atoms with Crippen molar-refractivity contribution in [1.29, 1.82) is 0 Å². The third-order valence-electron chi connectivity index (χ3n) is 5.90. The highest BCUT2D eigenvalue weighted by atomic mass is 32.2. The Morgan fingerprint density at radius 2 is 1.79 bits per heavy atom. The molecule has 5 nitrogen and oxygen atoms in total. The van der Waals surface area contributed by atoms with Crippen LogP contribution in [0.15, 0.2) is 23.4 Å². The second-order valence-corrected chi connectivity index (χ2v) is 9.14. The molecule has 1 saturated heterocycles. The number of hydrogen-bond acceptors (Lipinski definition) is 4. The van der Waals surface area contributed by atoms with Gasteiger partial charge in [-0.3, -0.25) is 9.20 Å². The van der Waals surface area contributed by atoms with Crippen LogP contribution in [0.25, 0.3) is 16.6 Å². The number of carbonyl (C=O) groups is 1. The van der Waals surface area contributed by atoms with Gasteiger partial charge in [0.1, 0.15) is 0 Å². The molecule has 2 atom stereocenters. The highest BCUT2D eigenvalue weighted by Crippen LogP contribution is 2.29. The van der Waals surface area contributed by atoms with Crippen LogP contribution in [0, 0.1) is 20.8 Å². The van der Waals surface area contributed by atoms with Crippen LogP contribution in [0.2, 0.25) is 0 Å². The van der Waals surface area contributed by atoms with E-state index in [1.165, 1.54) is 34.7 Å². The van der Waals surface area contributed by atoms with E-state index >= 15 is 0 Å². The van der Waals surface area contributed by atoms with Gasteiger partial charge in [0, 0.05) is 17.5 Å². The molecule has 0 N–H and O–H groups in total. The molecular weight excluding hydrogens is 368 g/mol. The van der Waals surface area contributed by atoms with E-state index < -0.39 is 0 Å². The quantitative estimate of drug-likeness (QED) is 0.603. The topological polar surface area (TPSA) is 50.5 Å². The number of benzene rings is 1. The number of pyridine rings is 1. The number of rotatable bonds is 3. The molecule has 0 bridgehead atoms. The summed E-state index contributed by atoms with van der Waals surface area (Å²) in [4.78, 5) is 15.0. The van der Waals surface area contributed by atoms with Gasteiger partial charge in [0.15, 0.2) is 10.8 Å². The van der Waals surface area contributed by atoms with Crippen molar-refractivity contribution in [3.8, 4) is 0 Å². The zero-order valence-electron chi connectivity index (χ0n) is 17.3. The largest absolute Gasteiger partial charge is 0.337 e. The van der Waals surface area contributed by atoms with Crippen molar-refractivity contribution in [2.24, 2.45) is 0 Å². The highest BCUT2D eigenvalue weighted by Gasteiger charge is 2.29. The minimum atomic E-state index is 0.200. The molecular formula is C22H28N4OS. The standard InChI is InChI=1S/C22H28N4OS/c1-13-9-14(2)18-11-15(3)21-23-24-22(26(21)19(18)10-13)28-12-20(27)25-16(4)7-6-8-17(25)5/h9-11,16-17H,6-8,12H2,1-5H3/t16-,17+. The van der Waals surface area contributed by atoms with Crippen LogP contribution in [-0.2, 0) is 4.79 Å². The molecule has 0 aliphatic carbocycles. The normalized spacial score (nSPS) is 20.2. The summed E-state index contributed by atoms with van der Waals surface area (Å²) in [6.07, 6.45) is 3.39. The Bertz CT molecular complexity index is 1050. The Morgan fingerprint density at radius 1 is 1.07 bits per heavy atom. The van der Waals surface area contributed by atoms with E-state index in [4.69, 9.17) is 0 Å². The number of thioether (sulfide) groups is 1. The number of hydrogen-bond donors (Lipinski definition) is 0. The summed E-state index contributed by atoms with van der Waals surface area (Å²) in [6.45, 7) is 10.6. The monoisotopic (exact) mass is 396 g/mol. The van der Waals surface area contributed by atoms with Gasteiger partial charge >= 0.3 is 0 Å². The molecule has 0 spiro atoms. The number of carbonyl (C=O) groups excluding carboxylic acids is 1. The molecule has 2 aromatic heterocycles. The van der Waals surface area contributed by atoms with Crippen LogP contribution in [0.3, 0.4) is 0 Å². The summed E-state index contributed by atoms with van der Waals surface area (Å²) in [5.74, 6) is 0.598. The molecule has 1 aromatic carbocycles. The summed E-state index contributed by atoms with van der Waals surface area (Å²) in [5.41, 5.74) is 5.54. The van der Waals surface area contributed by atoms with Crippen LogP contribution in [0.4, 0.5) is 0 Å². The maximum absolute atomic E-state index is 12.9. The van der Waals surface area contributed by atoms with Gasteiger partial charge in [-0.15, -0.1) is 10.2 Å². The number of aromatic nitrogens is 3. The first-order valence-corrected chi connectivity index (χ1v) is 11.0. The van der Waals surface area contributed by atoms with E-state index in [0.717, 1.165) is 34.7 Å². The van der Waals surface area contributed by atoms with Gasteiger partial charge in [0.25, 0.3) is 0 Å². The van der Waals surface area contributed by atoms with Crippen LogP contribution in [0.1, 0.15) is 49.8 Å². The number of piperidine rings is 1. The van der Waals surface area contributed by atoms with Crippen LogP contribution >= 0.6 is 11.8 Å². The SMILES string of the molecule is Cc1cc(C)c2cc(C)c3nnc(SCC(=O)N4[C@H](C)CCC[C@@H]4C)n3c2c1. The minimum Gasteiger partial charge on any atom is -0.337 e. The Labute approximate surface area is 170 Å². The van der Waals surface area contributed by atoms with Gasteiger partial charge < -0.3 is 4.90 Å². The average molecular weight is 397 g/mol. The molecule has 1 aliphatic heterocycles. The van der Waals surface area contributed by atoms with Crippen molar-refractivity contribution in [3.05, 3.63) is 34.9 Å². The lowest BCUT2D eigenvalue weighted by atomic mass is 9.98. The number of likely N-dealkylation sites (tertiary alicyclic amines) is 1. The lowest BCUT2D eigenvalue weighted by molar-refractivity contribution is -0.134. The fourth-order valence-electron chi connectivity index (χ4n) is 4.56. The summed E-state index contributed by atoms with van der Waals surface area (Å²) < 4.78 is 2.12.